The van der Waals surface area contributed by atoms with E-state index in [9.17, 15) is 4.79 Å². The highest BCUT2D eigenvalue weighted by atomic mass is 16.5. The molecule has 0 aliphatic heterocycles. The highest BCUT2D eigenvalue weighted by Crippen LogP contribution is 2.40. The molecule has 0 radical (unpaired) electrons. The Balaban J connectivity index is 2.14. The van der Waals surface area contributed by atoms with E-state index in [2.05, 4.69) is 5.32 Å². The van der Waals surface area contributed by atoms with Gasteiger partial charge in [0.1, 0.15) is 0 Å². The molecule has 3 N–H and O–H groups in total. The van der Waals surface area contributed by atoms with Crippen LogP contribution >= 0.6 is 0 Å². The van der Waals surface area contributed by atoms with Crippen molar-refractivity contribution in [3.8, 4) is 17.2 Å². The number of nitrogens with one attached hydrogen (secondary N) is 1. The van der Waals surface area contributed by atoms with Gasteiger partial charge in [0, 0.05) is 29.8 Å². The van der Waals surface area contributed by atoms with Crippen molar-refractivity contribution < 1.29 is 19.0 Å². The smallest absolute Gasteiger partial charge is 0.226 e. The molecule has 1 fully saturated rings. The molecule has 1 saturated carbocycles. The van der Waals surface area contributed by atoms with Crippen LogP contribution in [-0.2, 0) is 4.79 Å². The zero-order valence-corrected chi connectivity index (χ0v) is 12.7. The van der Waals surface area contributed by atoms with Crippen molar-refractivity contribution in [2.45, 2.75) is 31.2 Å². The molecule has 6 nitrogen and oxygen atoms in total. The van der Waals surface area contributed by atoms with Crippen molar-refractivity contribution in [1.82, 2.24) is 0 Å². The second kappa shape index (κ2) is 6.22. The minimum absolute atomic E-state index is 0.105. The maximum absolute atomic E-state index is 12.1. The van der Waals surface area contributed by atoms with E-state index in [1.165, 1.54) is 21.3 Å². The van der Waals surface area contributed by atoms with Gasteiger partial charge < -0.3 is 25.3 Å². The first-order valence-electron chi connectivity index (χ1n) is 6.90. The lowest BCUT2D eigenvalue weighted by Gasteiger charge is -2.37. The number of nitrogens with two attached hydrogens (primary N) is 1. The summed E-state index contributed by atoms with van der Waals surface area (Å²) in [6, 6.07) is 3.40. The number of carbonyl (C=O) groups is 1. The maximum Gasteiger partial charge on any atom is 0.226 e. The predicted octanol–water partition coefficient (Wildman–Crippen LogP) is 1.92. The lowest BCUT2D eigenvalue weighted by Crippen LogP contribution is -2.48. The van der Waals surface area contributed by atoms with Crippen molar-refractivity contribution in [2.24, 2.45) is 5.73 Å². The number of rotatable bonds is 6. The summed E-state index contributed by atoms with van der Waals surface area (Å²) in [4.78, 5) is 12.1. The number of benzene rings is 1. The summed E-state index contributed by atoms with van der Waals surface area (Å²) in [6.07, 6.45) is 3.21. The van der Waals surface area contributed by atoms with Crippen LogP contribution < -0.4 is 25.3 Å². The van der Waals surface area contributed by atoms with Crippen LogP contribution in [0.3, 0.4) is 0 Å². The molecular formula is C15H22N2O4. The summed E-state index contributed by atoms with van der Waals surface area (Å²) in [5, 5.41) is 2.83. The zero-order valence-electron chi connectivity index (χ0n) is 12.7. The summed E-state index contributed by atoms with van der Waals surface area (Å²) in [7, 11) is 4.60. The van der Waals surface area contributed by atoms with Gasteiger partial charge in [-0.2, -0.15) is 0 Å². The molecular weight excluding hydrogens is 272 g/mol. The van der Waals surface area contributed by atoms with E-state index in [1.54, 1.807) is 12.1 Å². The molecule has 1 aromatic rings. The number of carbonyl (C=O) groups excluding carboxylic acids is 1. The highest BCUT2D eigenvalue weighted by Gasteiger charge is 2.34. The van der Waals surface area contributed by atoms with Crippen molar-refractivity contribution in [1.29, 1.82) is 0 Å². The monoisotopic (exact) mass is 294 g/mol. The minimum Gasteiger partial charge on any atom is -0.493 e. The van der Waals surface area contributed by atoms with E-state index in [0.717, 1.165) is 19.3 Å². The molecule has 1 aromatic carbocycles. The molecule has 1 aliphatic rings. The Kier molecular flexibility index (Phi) is 4.57. The molecule has 0 unspecified atom stereocenters. The minimum atomic E-state index is -0.343. The fraction of sp³-hybridized carbons (Fsp3) is 0.533. The summed E-state index contributed by atoms with van der Waals surface area (Å²) < 4.78 is 15.7. The van der Waals surface area contributed by atoms with Crippen LogP contribution in [0.5, 0.6) is 17.2 Å². The number of methoxy groups -OCH3 is 3. The van der Waals surface area contributed by atoms with Crippen LogP contribution in [0.25, 0.3) is 0 Å². The Morgan fingerprint density at radius 3 is 2.14 bits per heavy atom. The first kappa shape index (κ1) is 15.4. The van der Waals surface area contributed by atoms with Gasteiger partial charge in [-0.1, -0.05) is 0 Å². The van der Waals surface area contributed by atoms with E-state index >= 15 is 0 Å². The molecule has 0 atom stereocenters. The lowest BCUT2D eigenvalue weighted by atomic mass is 9.75. The molecule has 116 valence electrons. The molecule has 1 aliphatic carbocycles. The predicted molar refractivity (Wildman–Crippen MR) is 80.1 cm³/mol. The number of anilines is 1. The van der Waals surface area contributed by atoms with Gasteiger partial charge >= 0.3 is 0 Å². The SMILES string of the molecule is COc1cc(NC(=O)CC2(N)CCC2)cc(OC)c1OC. The lowest BCUT2D eigenvalue weighted by molar-refractivity contribution is -0.118. The third-order valence-corrected chi connectivity index (χ3v) is 3.81. The van der Waals surface area contributed by atoms with Gasteiger partial charge in [0.15, 0.2) is 11.5 Å². The number of amides is 1. The van der Waals surface area contributed by atoms with Crippen LogP contribution in [0.15, 0.2) is 12.1 Å². The third kappa shape index (κ3) is 3.39. The van der Waals surface area contributed by atoms with Gasteiger partial charge in [-0.05, 0) is 19.3 Å². The first-order chi connectivity index (χ1) is 10.0. The van der Waals surface area contributed by atoms with Gasteiger partial charge in [0.25, 0.3) is 0 Å². The normalized spacial score (nSPS) is 15.8. The average Bonchev–Trinajstić information content (AvgIpc) is 2.44. The Labute approximate surface area is 124 Å². The molecule has 0 heterocycles. The summed E-state index contributed by atoms with van der Waals surface area (Å²) in [5.41, 5.74) is 6.34. The van der Waals surface area contributed by atoms with E-state index in [0.29, 0.717) is 29.4 Å². The Bertz CT molecular complexity index is 501. The van der Waals surface area contributed by atoms with Crippen molar-refractivity contribution in [3.05, 3.63) is 12.1 Å². The molecule has 1 amide bonds. The quantitative estimate of drug-likeness (QED) is 0.837. The first-order valence-corrected chi connectivity index (χ1v) is 6.90. The molecule has 0 bridgehead atoms. The van der Waals surface area contributed by atoms with Gasteiger partial charge in [-0.25, -0.2) is 0 Å². The van der Waals surface area contributed by atoms with Crippen molar-refractivity contribution >= 4 is 11.6 Å². The van der Waals surface area contributed by atoms with Gasteiger partial charge in [-0.3, -0.25) is 4.79 Å². The van der Waals surface area contributed by atoms with Crippen LogP contribution in [0.1, 0.15) is 25.7 Å². The second-order valence-electron chi connectivity index (χ2n) is 5.35. The number of hydrogen-bond acceptors (Lipinski definition) is 5. The van der Waals surface area contributed by atoms with Crippen LogP contribution in [0, 0.1) is 0 Å². The van der Waals surface area contributed by atoms with E-state index in [-0.39, 0.29) is 11.4 Å². The highest BCUT2D eigenvalue weighted by molar-refractivity contribution is 5.92. The number of hydrogen-bond donors (Lipinski definition) is 2. The Morgan fingerprint density at radius 2 is 1.76 bits per heavy atom. The summed E-state index contributed by atoms with van der Waals surface area (Å²) in [6.45, 7) is 0. The van der Waals surface area contributed by atoms with Crippen LogP contribution in [0.2, 0.25) is 0 Å². The third-order valence-electron chi connectivity index (χ3n) is 3.81. The van der Waals surface area contributed by atoms with E-state index < -0.39 is 0 Å². The van der Waals surface area contributed by atoms with Crippen LogP contribution in [-0.4, -0.2) is 32.8 Å². The topological polar surface area (TPSA) is 82.8 Å². The molecule has 0 saturated heterocycles. The van der Waals surface area contributed by atoms with Gasteiger partial charge in [0.2, 0.25) is 11.7 Å². The molecule has 6 heteroatoms. The number of ether oxygens (including phenoxy) is 3. The van der Waals surface area contributed by atoms with Gasteiger partial charge in [0.05, 0.1) is 21.3 Å². The fourth-order valence-corrected chi connectivity index (χ4v) is 2.49. The fourth-order valence-electron chi connectivity index (χ4n) is 2.49. The second-order valence-corrected chi connectivity index (χ2v) is 5.35. The molecule has 0 aromatic heterocycles. The zero-order chi connectivity index (χ0) is 15.5. The summed E-state index contributed by atoms with van der Waals surface area (Å²) >= 11 is 0. The Hall–Kier alpha value is -1.95. The van der Waals surface area contributed by atoms with Crippen LogP contribution in [0.4, 0.5) is 5.69 Å². The molecule has 21 heavy (non-hydrogen) atoms. The van der Waals surface area contributed by atoms with Crippen molar-refractivity contribution in [2.75, 3.05) is 26.6 Å². The summed E-state index contributed by atoms with van der Waals surface area (Å²) in [5.74, 6) is 1.38. The Morgan fingerprint density at radius 1 is 1.19 bits per heavy atom. The van der Waals surface area contributed by atoms with E-state index in [1.807, 2.05) is 0 Å². The van der Waals surface area contributed by atoms with E-state index in [4.69, 9.17) is 19.9 Å². The molecule has 2 rings (SSSR count). The standard InChI is InChI=1S/C15H22N2O4/c1-19-11-7-10(8-12(20-2)14(11)21-3)17-13(18)9-15(16)5-4-6-15/h7-8H,4-6,9,16H2,1-3H3,(H,17,18). The largest absolute Gasteiger partial charge is 0.493 e. The molecule has 0 spiro atoms. The maximum atomic E-state index is 12.1. The van der Waals surface area contributed by atoms with Crippen molar-refractivity contribution in [3.63, 3.8) is 0 Å². The van der Waals surface area contributed by atoms with Gasteiger partial charge in [-0.15, -0.1) is 0 Å². The average molecular weight is 294 g/mol.